The van der Waals surface area contributed by atoms with Crippen molar-refractivity contribution in [3.05, 3.63) is 12.2 Å². The molecule has 4 heteroatoms. The summed E-state index contributed by atoms with van der Waals surface area (Å²) < 4.78 is 9.43. The van der Waals surface area contributed by atoms with E-state index in [0.717, 1.165) is 12.8 Å². The fourth-order valence-electron chi connectivity index (χ4n) is 0.980. The van der Waals surface area contributed by atoms with Gasteiger partial charge in [-0.25, -0.2) is 0 Å². The molecular weight excluding hydrogens is 220 g/mol. The van der Waals surface area contributed by atoms with E-state index < -0.39 is 18.2 Å². The van der Waals surface area contributed by atoms with Crippen LogP contribution in [0.4, 0.5) is 0 Å². The van der Waals surface area contributed by atoms with Crippen molar-refractivity contribution >= 4 is 11.9 Å². The largest absolute Gasteiger partial charge is 0.414 e. The van der Waals surface area contributed by atoms with Gasteiger partial charge in [-0.15, -0.1) is 0 Å². The summed E-state index contributed by atoms with van der Waals surface area (Å²) >= 11 is 0. The van der Waals surface area contributed by atoms with Crippen LogP contribution in [0.5, 0.6) is 0 Å². The molecule has 0 bridgehead atoms. The van der Waals surface area contributed by atoms with E-state index in [1.807, 2.05) is 6.08 Å². The van der Waals surface area contributed by atoms with Crippen LogP contribution in [0.15, 0.2) is 12.2 Å². The van der Waals surface area contributed by atoms with Gasteiger partial charge in [0.15, 0.2) is 0 Å². The molecule has 0 spiro atoms. The lowest BCUT2D eigenvalue weighted by molar-refractivity contribution is -0.174. The van der Waals surface area contributed by atoms with Gasteiger partial charge in [-0.3, -0.25) is 9.59 Å². The van der Waals surface area contributed by atoms with Crippen molar-refractivity contribution in [2.24, 2.45) is 0 Å². The van der Waals surface area contributed by atoms with Crippen LogP contribution in [0, 0.1) is 11.8 Å². The Morgan fingerprint density at radius 3 is 2.24 bits per heavy atom. The van der Waals surface area contributed by atoms with E-state index in [1.54, 1.807) is 0 Å². The monoisotopic (exact) mass is 238 g/mol. The van der Waals surface area contributed by atoms with Gasteiger partial charge in [0, 0.05) is 20.3 Å². The summed E-state index contributed by atoms with van der Waals surface area (Å²) in [6.07, 6.45) is 5.44. The summed E-state index contributed by atoms with van der Waals surface area (Å²) in [5.74, 6) is 4.33. The zero-order chi connectivity index (χ0) is 13.1. The third kappa shape index (κ3) is 10.5. The summed E-state index contributed by atoms with van der Waals surface area (Å²) in [5.41, 5.74) is 0. The summed E-state index contributed by atoms with van der Waals surface area (Å²) in [4.78, 5) is 21.4. The maximum atomic E-state index is 10.7. The lowest BCUT2D eigenvalue weighted by atomic mass is 10.3. The molecule has 0 aromatic rings. The van der Waals surface area contributed by atoms with Crippen molar-refractivity contribution in [3.63, 3.8) is 0 Å². The Balaban J connectivity index is 4.13. The van der Waals surface area contributed by atoms with Crippen LogP contribution in [-0.2, 0) is 19.1 Å². The maximum Gasteiger partial charge on any atom is 0.311 e. The number of carbonyl (C=O) groups excluding carboxylic acids is 2. The first-order valence-electron chi connectivity index (χ1n) is 5.54. The molecule has 17 heavy (non-hydrogen) atoms. The van der Waals surface area contributed by atoms with E-state index in [9.17, 15) is 9.59 Å². The molecule has 0 fully saturated rings. The number of allylic oxidation sites excluding steroid dienone is 2. The van der Waals surface area contributed by atoms with Crippen LogP contribution in [0.1, 0.15) is 40.0 Å². The van der Waals surface area contributed by atoms with E-state index in [-0.39, 0.29) is 0 Å². The fourth-order valence-corrected chi connectivity index (χ4v) is 0.980. The zero-order valence-electron chi connectivity index (χ0n) is 10.5. The van der Waals surface area contributed by atoms with Gasteiger partial charge in [0.2, 0.25) is 0 Å². The van der Waals surface area contributed by atoms with Crippen molar-refractivity contribution in [2.45, 2.75) is 46.3 Å². The summed E-state index contributed by atoms with van der Waals surface area (Å²) in [6, 6.07) is 0. The van der Waals surface area contributed by atoms with Gasteiger partial charge in [-0.2, -0.15) is 0 Å². The van der Waals surface area contributed by atoms with Crippen LogP contribution < -0.4 is 0 Å². The number of esters is 2. The summed E-state index contributed by atoms with van der Waals surface area (Å²) in [7, 11) is 0. The predicted octanol–water partition coefficient (Wildman–Crippen LogP) is 2.19. The molecule has 0 aliphatic rings. The van der Waals surface area contributed by atoms with E-state index >= 15 is 0 Å². The second kappa shape index (κ2) is 9.46. The highest BCUT2D eigenvalue weighted by Gasteiger charge is 2.10. The highest BCUT2D eigenvalue weighted by Crippen LogP contribution is 1.97. The lowest BCUT2D eigenvalue weighted by Gasteiger charge is -2.09. The molecule has 0 N–H and O–H groups in total. The van der Waals surface area contributed by atoms with Gasteiger partial charge >= 0.3 is 18.2 Å². The molecule has 0 amide bonds. The molecular formula is C13H18O4. The third-order valence-electron chi connectivity index (χ3n) is 1.60. The molecule has 0 aromatic carbocycles. The third-order valence-corrected chi connectivity index (χ3v) is 1.60. The van der Waals surface area contributed by atoms with Crippen molar-refractivity contribution in [1.29, 1.82) is 0 Å². The van der Waals surface area contributed by atoms with Gasteiger partial charge in [0.25, 0.3) is 0 Å². The van der Waals surface area contributed by atoms with E-state index in [0.29, 0.717) is 6.42 Å². The number of hydrogen-bond acceptors (Lipinski definition) is 4. The number of carbonyl (C=O) groups is 2. The van der Waals surface area contributed by atoms with Crippen LogP contribution in [0.25, 0.3) is 0 Å². The Bertz CT molecular complexity index is 317. The minimum absolute atomic E-state index is 0.531. The predicted molar refractivity (Wildman–Crippen MR) is 63.8 cm³/mol. The number of hydrogen-bond donors (Lipinski definition) is 0. The fraction of sp³-hybridized carbons (Fsp3) is 0.538. The zero-order valence-corrected chi connectivity index (χ0v) is 10.5. The standard InChI is InChI=1S/C13H18O4/c1-4-5-6-7-8-9-10-13(16-11(2)14)17-12(3)15/h5-6,13H,4,7-8H2,1-3H3/b6-5-. The first-order valence-corrected chi connectivity index (χ1v) is 5.54. The van der Waals surface area contributed by atoms with Crippen molar-refractivity contribution in [2.75, 3.05) is 0 Å². The Hall–Kier alpha value is -1.76. The van der Waals surface area contributed by atoms with Crippen LogP contribution in [0.3, 0.4) is 0 Å². The van der Waals surface area contributed by atoms with Crippen LogP contribution in [0.2, 0.25) is 0 Å². The molecule has 0 atom stereocenters. The van der Waals surface area contributed by atoms with Crippen LogP contribution >= 0.6 is 0 Å². The van der Waals surface area contributed by atoms with Crippen LogP contribution in [-0.4, -0.2) is 18.2 Å². The Kier molecular flexibility index (Phi) is 8.48. The number of unbranched alkanes of at least 4 members (excludes halogenated alkanes) is 1. The molecule has 94 valence electrons. The lowest BCUT2D eigenvalue weighted by Crippen LogP contribution is -2.20. The molecule has 0 unspecified atom stereocenters. The highest BCUT2D eigenvalue weighted by atomic mass is 16.7. The minimum Gasteiger partial charge on any atom is -0.414 e. The van der Waals surface area contributed by atoms with Crippen molar-refractivity contribution in [3.8, 4) is 11.8 Å². The van der Waals surface area contributed by atoms with E-state index in [4.69, 9.17) is 9.47 Å². The smallest absolute Gasteiger partial charge is 0.311 e. The summed E-state index contributed by atoms with van der Waals surface area (Å²) in [6.45, 7) is 4.53. The molecule has 0 saturated carbocycles. The van der Waals surface area contributed by atoms with Crippen molar-refractivity contribution < 1.29 is 19.1 Å². The summed E-state index contributed by atoms with van der Waals surface area (Å²) in [5, 5.41) is 0. The Morgan fingerprint density at radius 2 is 1.76 bits per heavy atom. The second-order valence-electron chi connectivity index (χ2n) is 3.29. The number of rotatable bonds is 5. The topological polar surface area (TPSA) is 52.6 Å². The van der Waals surface area contributed by atoms with E-state index in [2.05, 4.69) is 24.8 Å². The number of ether oxygens (including phenoxy) is 2. The molecule has 0 saturated heterocycles. The molecule has 0 rings (SSSR count). The van der Waals surface area contributed by atoms with E-state index in [1.165, 1.54) is 13.8 Å². The average Bonchev–Trinajstić information content (AvgIpc) is 2.21. The second-order valence-corrected chi connectivity index (χ2v) is 3.29. The Labute approximate surface area is 102 Å². The highest BCUT2D eigenvalue weighted by molar-refractivity contribution is 5.68. The Morgan fingerprint density at radius 1 is 1.18 bits per heavy atom. The van der Waals surface area contributed by atoms with Gasteiger partial charge in [-0.05, 0) is 18.8 Å². The first kappa shape index (κ1) is 15.2. The van der Waals surface area contributed by atoms with Gasteiger partial charge in [-0.1, -0.05) is 25.0 Å². The minimum atomic E-state index is -1.10. The van der Waals surface area contributed by atoms with Gasteiger partial charge in [0.1, 0.15) is 0 Å². The molecule has 0 heterocycles. The average molecular weight is 238 g/mol. The first-order chi connectivity index (χ1) is 8.06. The maximum absolute atomic E-state index is 10.7. The SMILES string of the molecule is CC/C=C\CCC#CC(OC(C)=O)OC(C)=O. The van der Waals surface area contributed by atoms with Gasteiger partial charge in [0.05, 0.1) is 0 Å². The molecule has 0 aliphatic heterocycles. The van der Waals surface area contributed by atoms with Crippen molar-refractivity contribution in [1.82, 2.24) is 0 Å². The van der Waals surface area contributed by atoms with Gasteiger partial charge < -0.3 is 9.47 Å². The molecule has 0 aliphatic carbocycles. The molecule has 0 aromatic heterocycles. The molecule has 4 nitrogen and oxygen atoms in total. The quantitative estimate of drug-likeness (QED) is 0.242. The normalized spacial score (nSPS) is 9.88. The molecule has 0 radical (unpaired) electrons.